The summed E-state index contributed by atoms with van der Waals surface area (Å²) in [5, 5.41) is 15.6. The Kier molecular flexibility index (Phi) is 6.25. The largest absolute Gasteiger partial charge is 0.346 e. The Morgan fingerprint density at radius 3 is 2.61 bits per heavy atom. The number of carbonyl (C=O) groups is 1. The van der Waals surface area contributed by atoms with Crippen LogP contribution < -0.4 is 10.2 Å². The number of rotatable bonds is 8. The van der Waals surface area contributed by atoms with Gasteiger partial charge in [0.05, 0.1) is 18.0 Å². The van der Waals surface area contributed by atoms with Gasteiger partial charge >= 0.3 is 0 Å². The summed E-state index contributed by atoms with van der Waals surface area (Å²) in [5.74, 6) is 0.0113. The van der Waals surface area contributed by atoms with Gasteiger partial charge in [-0.1, -0.05) is 6.07 Å². The van der Waals surface area contributed by atoms with Crippen LogP contribution in [0.15, 0.2) is 41.8 Å². The van der Waals surface area contributed by atoms with Crippen molar-refractivity contribution in [2.75, 3.05) is 13.1 Å². The molecule has 0 bridgehead atoms. The summed E-state index contributed by atoms with van der Waals surface area (Å²) >= 11 is 1.62. The number of hydrogen-bond acceptors (Lipinski definition) is 4. The van der Waals surface area contributed by atoms with E-state index in [9.17, 15) is 14.9 Å². The number of nitrogens with one attached hydrogen (secondary N) is 2. The summed E-state index contributed by atoms with van der Waals surface area (Å²) in [6, 6.07) is 10.4. The number of carbonyl (C=O) groups excluding carboxylic acids is 1. The molecule has 0 radical (unpaired) electrons. The third-order valence-corrected chi connectivity index (χ3v) is 4.43. The maximum Gasteiger partial charge on any atom is 0.275 e. The molecule has 122 valence electrons. The molecule has 1 unspecified atom stereocenters. The normalized spacial score (nSPS) is 11.9. The second-order valence-electron chi connectivity index (χ2n) is 5.24. The molecule has 2 N–H and O–H groups in total. The molecule has 1 aromatic carbocycles. The highest BCUT2D eigenvalue weighted by molar-refractivity contribution is 7.09. The van der Waals surface area contributed by atoms with E-state index in [0.29, 0.717) is 19.6 Å². The number of thiophene rings is 1. The number of non-ortho nitro benzene ring substituents is 1. The molecule has 2 rings (SSSR count). The average molecular weight is 334 g/mol. The van der Waals surface area contributed by atoms with Gasteiger partial charge in [0.25, 0.3) is 11.6 Å². The van der Waals surface area contributed by atoms with E-state index < -0.39 is 4.92 Å². The van der Waals surface area contributed by atoms with E-state index in [1.54, 1.807) is 23.5 Å². The first-order valence-corrected chi connectivity index (χ1v) is 8.32. The Balaban J connectivity index is 1.84. The molecule has 0 saturated carbocycles. The topological polar surface area (TPSA) is 76.7 Å². The Morgan fingerprint density at radius 2 is 2.04 bits per heavy atom. The second-order valence-corrected chi connectivity index (χ2v) is 6.27. The zero-order valence-corrected chi connectivity index (χ0v) is 13.8. The summed E-state index contributed by atoms with van der Waals surface area (Å²) in [4.78, 5) is 24.5. The fraction of sp³-hybridized carbons (Fsp3) is 0.312. The summed E-state index contributed by atoms with van der Waals surface area (Å²) < 4.78 is 0. The molecule has 1 atom stereocenters. The SMILES string of the molecule is CC[NH+](CC(=O)NCc1cccs1)Cc1ccc([N+](=O)[O-])cc1. The summed E-state index contributed by atoms with van der Waals surface area (Å²) in [7, 11) is 0. The predicted octanol–water partition coefficient (Wildman–Crippen LogP) is 1.38. The third-order valence-electron chi connectivity index (χ3n) is 3.55. The molecule has 1 heterocycles. The van der Waals surface area contributed by atoms with Crippen molar-refractivity contribution in [3.8, 4) is 0 Å². The van der Waals surface area contributed by atoms with Crippen molar-refractivity contribution in [1.82, 2.24) is 5.32 Å². The van der Waals surface area contributed by atoms with Crippen LogP contribution in [-0.2, 0) is 17.9 Å². The monoisotopic (exact) mass is 334 g/mol. The predicted molar refractivity (Wildman–Crippen MR) is 89.3 cm³/mol. The first-order chi connectivity index (χ1) is 11.1. The lowest BCUT2D eigenvalue weighted by atomic mass is 10.2. The van der Waals surface area contributed by atoms with Crippen molar-refractivity contribution in [2.24, 2.45) is 0 Å². The minimum atomic E-state index is -0.410. The van der Waals surface area contributed by atoms with Crippen LogP contribution in [0.3, 0.4) is 0 Å². The minimum absolute atomic E-state index is 0.0113. The van der Waals surface area contributed by atoms with Crippen molar-refractivity contribution in [3.05, 3.63) is 62.3 Å². The van der Waals surface area contributed by atoms with Gasteiger partial charge in [-0.3, -0.25) is 14.9 Å². The smallest absolute Gasteiger partial charge is 0.275 e. The molecule has 0 aliphatic rings. The van der Waals surface area contributed by atoms with Crippen LogP contribution in [0.1, 0.15) is 17.4 Å². The molecule has 1 aromatic heterocycles. The number of amides is 1. The molecular formula is C16H20N3O3S+. The first-order valence-electron chi connectivity index (χ1n) is 7.44. The van der Waals surface area contributed by atoms with Crippen LogP contribution in [0, 0.1) is 10.1 Å². The molecular weight excluding hydrogens is 314 g/mol. The van der Waals surface area contributed by atoms with Crippen LogP contribution in [0.5, 0.6) is 0 Å². The van der Waals surface area contributed by atoms with Crippen molar-refractivity contribution in [3.63, 3.8) is 0 Å². The average Bonchev–Trinajstić information content (AvgIpc) is 3.06. The van der Waals surface area contributed by atoms with E-state index in [4.69, 9.17) is 0 Å². The molecule has 1 amide bonds. The molecule has 0 fully saturated rings. The highest BCUT2D eigenvalue weighted by Gasteiger charge is 2.14. The van der Waals surface area contributed by atoms with Crippen LogP contribution in [-0.4, -0.2) is 23.9 Å². The van der Waals surface area contributed by atoms with Crippen LogP contribution in [0.4, 0.5) is 5.69 Å². The van der Waals surface area contributed by atoms with Gasteiger partial charge < -0.3 is 10.2 Å². The zero-order valence-electron chi connectivity index (χ0n) is 13.0. The van der Waals surface area contributed by atoms with Gasteiger partial charge in [0.15, 0.2) is 6.54 Å². The fourth-order valence-electron chi connectivity index (χ4n) is 2.23. The van der Waals surface area contributed by atoms with Gasteiger partial charge in [-0.2, -0.15) is 0 Å². The number of likely N-dealkylation sites (N-methyl/N-ethyl adjacent to an activating group) is 1. The van der Waals surface area contributed by atoms with Crippen LogP contribution >= 0.6 is 11.3 Å². The Hall–Kier alpha value is -2.25. The number of nitro benzene ring substituents is 1. The number of benzene rings is 1. The minimum Gasteiger partial charge on any atom is -0.346 e. The Labute approximate surface area is 138 Å². The van der Waals surface area contributed by atoms with Gasteiger partial charge in [-0.25, -0.2) is 0 Å². The Bertz CT molecular complexity index is 641. The molecule has 0 spiro atoms. The van der Waals surface area contributed by atoms with Crippen LogP contribution in [0.25, 0.3) is 0 Å². The molecule has 0 aliphatic heterocycles. The van der Waals surface area contributed by atoms with E-state index in [2.05, 4.69) is 5.32 Å². The van der Waals surface area contributed by atoms with Crippen molar-refractivity contribution in [2.45, 2.75) is 20.0 Å². The lowest BCUT2D eigenvalue weighted by Crippen LogP contribution is -3.11. The number of quaternary nitrogens is 1. The number of nitro groups is 1. The Morgan fingerprint density at radius 1 is 1.30 bits per heavy atom. The number of nitrogens with zero attached hydrogens (tertiary/aromatic N) is 1. The van der Waals surface area contributed by atoms with Gasteiger partial charge in [-0.15, -0.1) is 11.3 Å². The molecule has 7 heteroatoms. The number of hydrogen-bond donors (Lipinski definition) is 2. The second kappa shape index (κ2) is 8.40. The lowest BCUT2D eigenvalue weighted by Gasteiger charge is -2.17. The van der Waals surface area contributed by atoms with Gasteiger partial charge in [-0.05, 0) is 30.5 Å². The summed E-state index contributed by atoms with van der Waals surface area (Å²) in [6.45, 7) is 4.45. The van der Waals surface area contributed by atoms with Gasteiger partial charge in [0.2, 0.25) is 0 Å². The molecule has 6 nitrogen and oxygen atoms in total. The van der Waals surface area contributed by atoms with Gasteiger partial charge in [0, 0.05) is 22.6 Å². The fourth-order valence-corrected chi connectivity index (χ4v) is 2.87. The summed E-state index contributed by atoms with van der Waals surface area (Å²) in [5.41, 5.74) is 1.07. The first kappa shape index (κ1) is 17.1. The maximum atomic E-state index is 12.0. The van der Waals surface area contributed by atoms with E-state index in [-0.39, 0.29) is 11.6 Å². The van der Waals surface area contributed by atoms with Crippen molar-refractivity contribution < 1.29 is 14.6 Å². The standard InChI is InChI=1S/C16H19N3O3S/c1-2-18(11-13-5-7-14(8-6-13)19(21)22)12-16(20)17-10-15-4-3-9-23-15/h3-9H,2,10-12H2,1H3,(H,17,20)/p+1. The molecule has 0 saturated heterocycles. The molecule has 0 aliphatic carbocycles. The zero-order chi connectivity index (χ0) is 16.7. The molecule has 23 heavy (non-hydrogen) atoms. The van der Waals surface area contributed by atoms with Crippen molar-refractivity contribution >= 4 is 22.9 Å². The van der Waals surface area contributed by atoms with E-state index >= 15 is 0 Å². The maximum absolute atomic E-state index is 12.0. The van der Waals surface area contributed by atoms with E-state index in [1.807, 2.05) is 24.4 Å². The quantitative estimate of drug-likeness (QED) is 0.565. The van der Waals surface area contributed by atoms with Crippen LogP contribution in [0.2, 0.25) is 0 Å². The van der Waals surface area contributed by atoms with E-state index in [1.165, 1.54) is 12.1 Å². The summed E-state index contributed by atoms with van der Waals surface area (Å²) in [6.07, 6.45) is 0. The highest BCUT2D eigenvalue weighted by Crippen LogP contribution is 2.11. The van der Waals surface area contributed by atoms with Crippen molar-refractivity contribution in [1.29, 1.82) is 0 Å². The van der Waals surface area contributed by atoms with Gasteiger partial charge in [0.1, 0.15) is 6.54 Å². The third kappa shape index (κ3) is 5.46. The lowest BCUT2D eigenvalue weighted by molar-refractivity contribution is -0.904. The molecule has 2 aromatic rings. The highest BCUT2D eigenvalue weighted by atomic mass is 32.1. The van der Waals surface area contributed by atoms with E-state index in [0.717, 1.165) is 21.9 Å².